The third-order valence-electron chi connectivity index (χ3n) is 5.02. The molecule has 2 aliphatic carbocycles. The number of esters is 1. The summed E-state index contributed by atoms with van der Waals surface area (Å²) in [7, 11) is 0. The van der Waals surface area contributed by atoms with Crippen LogP contribution in [0.5, 0.6) is 0 Å². The molecule has 134 valence electrons. The number of amides is 1. The number of ether oxygens (including phenoxy) is 1. The topological polar surface area (TPSA) is 85.4 Å². The van der Waals surface area contributed by atoms with Crippen LogP contribution in [0.4, 0.5) is 5.82 Å². The zero-order valence-electron chi connectivity index (χ0n) is 14.0. The molecule has 0 saturated heterocycles. The van der Waals surface area contributed by atoms with Gasteiger partial charge in [-0.1, -0.05) is 18.0 Å². The van der Waals surface area contributed by atoms with Crippen LogP contribution in [-0.2, 0) is 19.1 Å². The lowest BCUT2D eigenvalue weighted by Gasteiger charge is -2.36. The molecule has 3 rings (SSSR count). The molecule has 1 aromatic rings. The average molecular weight is 365 g/mol. The average Bonchev–Trinajstić information content (AvgIpc) is 2.56. The van der Waals surface area contributed by atoms with E-state index in [0.29, 0.717) is 29.5 Å². The Bertz CT molecular complexity index is 660. The van der Waals surface area contributed by atoms with Crippen LogP contribution in [0.3, 0.4) is 0 Å². The second kappa shape index (κ2) is 7.52. The summed E-state index contributed by atoms with van der Waals surface area (Å²) >= 11 is 5.75. The first-order valence-electron chi connectivity index (χ1n) is 8.60. The predicted molar refractivity (Wildman–Crippen MR) is 92.0 cm³/mol. The molecule has 1 heterocycles. The van der Waals surface area contributed by atoms with Crippen molar-refractivity contribution >= 4 is 35.1 Å². The summed E-state index contributed by atoms with van der Waals surface area (Å²) < 4.78 is 5.33. The molecule has 2 saturated carbocycles. The number of aromatic nitrogens is 1. The summed E-state index contributed by atoms with van der Waals surface area (Å²) in [5.41, 5.74) is 0. The molecule has 1 amide bonds. The van der Waals surface area contributed by atoms with E-state index in [4.69, 9.17) is 16.3 Å². The number of carbonyl (C=O) groups is 3. The first kappa shape index (κ1) is 17.9. The molecule has 0 radical (unpaired) electrons. The van der Waals surface area contributed by atoms with E-state index in [-0.39, 0.29) is 17.8 Å². The van der Waals surface area contributed by atoms with Gasteiger partial charge in [-0.15, -0.1) is 0 Å². The second-order valence-electron chi connectivity index (χ2n) is 6.83. The standard InChI is InChI=1S/C18H21ClN2O4/c1-10(17(23)21-15-6-5-14(19)9-20-15)25-18(24)13-7-11-3-2-4-12(8-13)16(11)22/h5-6,9-13H,2-4,7-8H2,1H3,(H,20,21,23)/t10-,11-,12+,13?/m1/s1. The van der Waals surface area contributed by atoms with Gasteiger partial charge in [0.1, 0.15) is 11.6 Å². The molecular formula is C18H21ClN2O4. The maximum absolute atomic E-state index is 12.4. The molecule has 2 fully saturated rings. The molecule has 25 heavy (non-hydrogen) atoms. The van der Waals surface area contributed by atoms with Crippen molar-refractivity contribution in [1.82, 2.24) is 4.98 Å². The maximum Gasteiger partial charge on any atom is 0.309 e. The molecule has 1 N–H and O–H groups in total. The monoisotopic (exact) mass is 364 g/mol. The van der Waals surface area contributed by atoms with Crippen molar-refractivity contribution in [2.75, 3.05) is 5.32 Å². The predicted octanol–water partition coefficient (Wildman–Crippen LogP) is 3.00. The normalized spacial score (nSPS) is 26.6. The van der Waals surface area contributed by atoms with E-state index < -0.39 is 18.0 Å². The number of Topliss-reactive ketones (excluding diaryl/α,β-unsaturated/α-hetero) is 1. The molecule has 1 unspecified atom stereocenters. The molecule has 4 atom stereocenters. The van der Waals surface area contributed by atoms with Gasteiger partial charge in [0.15, 0.2) is 6.10 Å². The number of halogens is 1. The Labute approximate surface area is 151 Å². The highest BCUT2D eigenvalue weighted by Gasteiger charge is 2.42. The summed E-state index contributed by atoms with van der Waals surface area (Å²) in [6.07, 6.45) is 4.35. The van der Waals surface area contributed by atoms with E-state index in [2.05, 4.69) is 10.3 Å². The van der Waals surface area contributed by atoms with Crippen molar-refractivity contribution in [2.24, 2.45) is 17.8 Å². The molecular weight excluding hydrogens is 344 g/mol. The van der Waals surface area contributed by atoms with Gasteiger partial charge >= 0.3 is 5.97 Å². The van der Waals surface area contributed by atoms with Crippen LogP contribution in [0, 0.1) is 17.8 Å². The van der Waals surface area contributed by atoms with E-state index in [1.165, 1.54) is 13.1 Å². The third-order valence-corrected chi connectivity index (χ3v) is 5.25. The van der Waals surface area contributed by atoms with E-state index in [1.807, 2.05) is 0 Å². The number of hydrogen-bond donors (Lipinski definition) is 1. The summed E-state index contributed by atoms with van der Waals surface area (Å²) in [6, 6.07) is 3.18. The Morgan fingerprint density at radius 1 is 1.28 bits per heavy atom. The van der Waals surface area contributed by atoms with Crippen molar-refractivity contribution in [1.29, 1.82) is 0 Å². The highest BCUT2D eigenvalue weighted by molar-refractivity contribution is 6.30. The molecule has 2 aliphatic rings. The Kier molecular flexibility index (Phi) is 5.37. The van der Waals surface area contributed by atoms with E-state index in [0.717, 1.165) is 19.3 Å². The highest BCUT2D eigenvalue weighted by Crippen LogP contribution is 2.40. The number of anilines is 1. The Hall–Kier alpha value is -1.95. The fourth-order valence-electron chi connectivity index (χ4n) is 3.67. The molecule has 0 aliphatic heterocycles. The van der Waals surface area contributed by atoms with Crippen molar-refractivity contribution in [3.63, 3.8) is 0 Å². The lowest BCUT2D eigenvalue weighted by atomic mass is 9.67. The first-order chi connectivity index (χ1) is 11.9. The molecule has 0 spiro atoms. The lowest BCUT2D eigenvalue weighted by molar-refractivity contribution is -0.161. The van der Waals surface area contributed by atoms with Crippen LogP contribution in [0.2, 0.25) is 5.02 Å². The highest BCUT2D eigenvalue weighted by atomic mass is 35.5. The number of nitrogens with zero attached hydrogens (tertiary/aromatic N) is 1. The van der Waals surface area contributed by atoms with Crippen molar-refractivity contribution < 1.29 is 19.1 Å². The zero-order chi connectivity index (χ0) is 18.0. The number of fused-ring (bicyclic) bond motifs is 2. The van der Waals surface area contributed by atoms with Crippen LogP contribution < -0.4 is 5.32 Å². The number of rotatable bonds is 4. The minimum Gasteiger partial charge on any atom is -0.452 e. The fraction of sp³-hybridized carbons (Fsp3) is 0.556. The van der Waals surface area contributed by atoms with Gasteiger partial charge < -0.3 is 10.1 Å². The third kappa shape index (κ3) is 4.18. The van der Waals surface area contributed by atoms with Gasteiger partial charge in [0.25, 0.3) is 5.91 Å². The van der Waals surface area contributed by atoms with Crippen molar-refractivity contribution in [3.05, 3.63) is 23.4 Å². The SMILES string of the molecule is C[C@@H](OC(=O)C1C[C@H]2CCC[C@@H](C1)C2=O)C(=O)Nc1ccc(Cl)cn1. The minimum atomic E-state index is -0.928. The van der Waals surface area contributed by atoms with Gasteiger partial charge in [-0.05, 0) is 44.7 Å². The van der Waals surface area contributed by atoms with Gasteiger partial charge in [0.05, 0.1) is 10.9 Å². The minimum absolute atomic E-state index is 0.0209. The summed E-state index contributed by atoms with van der Waals surface area (Å²) in [6.45, 7) is 1.53. The summed E-state index contributed by atoms with van der Waals surface area (Å²) in [5.74, 6) is -0.534. The molecule has 6 nitrogen and oxygen atoms in total. The Morgan fingerprint density at radius 2 is 1.96 bits per heavy atom. The zero-order valence-corrected chi connectivity index (χ0v) is 14.8. The van der Waals surface area contributed by atoms with Crippen LogP contribution in [0.1, 0.15) is 39.0 Å². The van der Waals surface area contributed by atoms with Gasteiger partial charge in [-0.3, -0.25) is 14.4 Å². The Morgan fingerprint density at radius 3 is 2.56 bits per heavy atom. The van der Waals surface area contributed by atoms with Crippen molar-refractivity contribution in [2.45, 2.75) is 45.1 Å². The molecule has 0 aromatic carbocycles. The van der Waals surface area contributed by atoms with Crippen LogP contribution >= 0.6 is 11.6 Å². The quantitative estimate of drug-likeness (QED) is 0.830. The Balaban J connectivity index is 1.54. The number of carbonyl (C=O) groups excluding carboxylic acids is 3. The second-order valence-corrected chi connectivity index (χ2v) is 7.26. The number of nitrogens with one attached hydrogen (secondary N) is 1. The van der Waals surface area contributed by atoms with E-state index in [9.17, 15) is 14.4 Å². The molecule has 2 bridgehead atoms. The largest absolute Gasteiger partial charge is 0.452 e. The van der Waals surface area contributed by atoms with E-state index in [1.54, 1.807) is 12.1 Å². The number of pyridine rings is 1. The number of ketones is 1. The van der Waals surface area contributed by atoms with Gasteiger partial charge in [-0.25, -0.2) is 4.98 Å². The van der Waals surface area contributed by atoms with Crippen LogP contribution in [-0.4, -0.2) is 28.7 Å². The molecule has 1 aromatic heterocycles. The van der Waals surface area contributed by atoms with Gasteiger partial charge in [0, 0.05) is 18.0 Å². The van der Waals surface area contributed by atoms with Crippen molar-refractivity contribution in [3.8, 4) is 0 Å². The summed E-state index contributed by atoms with van der Waals surface area (Å²) in [5, 5.41) is 3.05. The van der Waals surface area contributed by atoms with Gasteiger partial charge in [-0.2, -0.15) is 0 Å². The lowest BCUT2D eigenvalue weighted by Crippen LogP contribution is -2.41. The van der Waals surface area contributed by atoms with Crippen LogP contribution in [0.25, 0.3) is 0 Å². The smallest absolute Gasteiger partial charge is 0.309 e. The fourth-order valence-corrected chi connectivity index (χ4v) is 3.79. The van der Waals surface area contributed by atoms with Crippen LogP contribution in [0.15, 0.2) is 18.3 Å². The molecule has 7 heteroatoms. The van der Waals surface area contributed by atoms with Gasteiger partial charge in [0.2, 0.25) is 0 Å². The first-order valence-corrected chi connectivity index (χ1v) is 8.98. The summed E-state index contributed by atoms with van der Waals surface area (Å²) in [4.78, 5) is 40.6. The maximum atomic E-state index is 12.4. The van der Waals surface area contributed by atoms with E-state index >= 15 is 0 Å². The number of hydrogen-bond acceptors (Lipinski definition) is 5.